The predicted molar refractivity (Wildman–Crippen MR) is 293 cm³/mol. The maximum Gasteiger partial charge on any atom is 0.514 e. The molecule has 0 aromatic heterocycles. The Balaban J connectivity index is 1.37. The smallest absolute Gasteiger partial charge is 0.480 e. The molecule has 4 aromatic carbocycles. The van der Waals surface area contributed by atoms with Crippen molar-refractivity contribution in [2.45, 2.75) is 116 Å². The van der Waals surface area contributed by atoms with Crippen LogP contribution in [-0.4, -0.2) is 115 Å². The van der Waals surface area contributed by atoms with Crippen LogP contribution in [0.15, 0.2) is 114 Å². The highest BCUT2D eigenvalue weighted by Gasteiger charge is 2.34. The van der Waals surface area contributed by atoms with Crippen molar-refractivity contribution >= 4 is 58.0 Å². The third-order valence-electron chi connectivity index (χ3n) is 12.2. The van der Waals surface area contributed by atoms with Gasteiger partial charge in [0.2, 0.25) is 11.8 Å². The van der Waals surface area contributed by atoms with Crippen molar-refractivity contribution in [2.75, 3.05) is 32.8 Å². The van der Waals surface area contributed by atoms with Crippen LogP contribution in [0.2, 0.25) is 0 Å². The van der Waals surface area contributed by atoms with E-state index in [9.17, 15) is 38.7 Å². The minimum absolute atomic E-state index is 0.0165. The SMILES string of the molecule is C=CCOC(=O)NC(CC(C)C)C(=O)NC(CC(C)C)C(=O)N(CCC(CNC(=O)OCC1c2ccccc2-c2ccccc21)NC(Cc1ccc(OC(=O)OCc2ccccc2Br)cc1)C(=O)O)CC(=O)OC(C)(C)C. The zero-order chi connectivity index (χ0) is 56.2. The number of alkyl carbamates (subject to hydrolysis) is 2. The molecule has 0 heterocycles. The zero-order valence-electron chi connectivity index (χ0n) is 44.8. The van der Waals surface area contributed by atoms with Crippen molar-refractivity contribution in [2.24, 2.45) is 11.8 Å². The molecule has 0 radical (unpaired) electrons. The van der Waals surface area contributed by atoms with Crippen molar-refractivity contribution in [3.8, 4) is 16.9 Å². The van der Waals surface area contributed by atoms with E-state index in [4.69, 9.17) is 23.7 Å². The van der Waals surface area contributed by atoms with Gasteiger partial charge in [-0.15, -0.1) is 0 Å². The first-order valence-electron chi connectivity index (χ1n) is 25.7. The van der Waals surface area contributed by atoms with Crippen LogP contribution >= 0.6 is 15.9 Å². The standard InChI is InChI=1S/C58H72BrN5O13/c1-9-28-73-56(71)63-48(29-36(2)3)52(66)62-49(30-37(4)5)53(67)64(33-51(65)77-58(6,7)8)27-26-40(32-60-55(70)74-35-46-44-19-13-11-17-42(44)43-18-12-14-20-45(43)46)61-50(54(68)69)31-38-22-24-41(25-23-38)76-57(72)75-34-39-16-10-15-21-47(39)59/h9-25,36-37,40,46,48-50,61H,1,26-35H2,2-8H3,(H,60,70)(H,62,66)(H,63,71)(H,68,69). The van der Waals surface area contributed by atoms with E-state index in [0.717, 1.165) is 32.3 Å². The number of halogens is 1. The van der Waals surface area contributed by atoms with Gasteiger partial charge in [0.05, 0.1) is 0 Å². The van der Waals surface area contributed by atoms with Crippen LogP contribution in [0.25, 0.3) is 11.1 Å². The summed E-state index contributed by atoms with van der Waals surface area (Å²) in [6.45, 7) is 15.1. The van der Waals surface area contributed by atoms with Crippen LogP contribution in [0.4, 0.5) is 14.4 Å². The van der Waals surface area contributed by atoms with Crippen molar-refractivity contribution in [1.82, 2.24) is 26.2 Å². The fraction of sp³-hybridized carbons (Fsp3) is 0.431. The number of hydrogen-bond donors (Lipinski definition) is 5. The molecule has 4 unspecified atom stereocenters. The summed E-state index contributed by atoms with van der Waals surface area (Å²) in [4.78, 5) is 95.4. The molecule has 0 fully saturated rings. The van der Waals surface area contributed by atoms with Gasteiger partial charge in [0.15, 0.2) is 0 Å². The van der Waals surface area contributed by atoms with Gasteiger partial charge < -0.3 is 49.6 Å². The summed E-state index contributed by atoms with van der Waals surface area (Å²) in [5.41, 5.74) is 4.50. The Morgan fingerprint density at radius 3 is 1.96 bits per heavy atom. The summed E-state index contributed by atoms with van der Waals surface area (Å²) in [6.07, 6.45) is -0.887. The van der Waals surface area contributed by atoms with Crippen LogP contribution in [0.3, 0.4) is 0 Å². The van der Waals surface area contributed by atoms with Gasteiger partial charge in [0, 0.05) is 35.1 Å². The normalized spacial score (nSPS) is 13.4. The second-order valence-electron chi connectivity index (χ2n) is 20.6. The van der Waals surface area contributed by atoms with E-state index in [1.54, 1.807) is 39.0 Å². The zero-order valence-corrected chi connectivity index (χ0v) is 46.4. The van der Waals surface area contributed by atoms with Gasteiger partial charge >= 0.3 is 30.3 Å². The van der Waals surface area contributed by atoms with E-state index in [0.29, 0.717) is 5.56 Å². The molecule has 18 nitrogen and oxygen atoms in total. The third-order valence-corrected chi connectivity index (χ3v) is 13.0. The number of rotatable bonds is 27. The number of carbonyl (C=O) groups is 7. The van der Waals surface area contributed by atoms with Gasteiger partial charge in [-0.3, -0.25) is 24.5 Å². The van der Waals surface area contributed by atoms with Gasteiger partial charge in [-0.1, -0.05) is 135 Å². The Morgan fingerprint density at radius 1 is 0.753 bits per heavy atom. The fourth-order valence-corrected chi connectivity index (χ4v) is 9.12. The number of fused-ring (bicyclic) bond motifs is 3. The van der Waals surface area contributed by atoms with Crippen molar-refractivity contribution in [1.29, 1.82) is 0 Å². The van der Waals surface area contributed by atoms with Crippen molar-refractivity contribution < 1.29 is 62.4 Å². The Kier molecular flexibility index (Phi) is 23.1. The predicted octanol–water partition coefficient (Wildman–Crippen LogP) is 9.08. The summed E-state index contributed by atoms with van der Waals surface area (Å²) in [5, 5.41) is 22.0. The number of nitrogens with zero attached hydrogens (tertiary/aromatic N) is 1. The molecule has 5 rings (SSSR count). The first-order valence-corrected chi connectivity index (χ1v) is 26.5. The average Bonchev–Trinajstić information content (AvgIpc) is 3.72. The molecule has 4 amide bonds. The van der Waals surface area contributed by atoms with Crippen LogP contribution in [0, 0.1) is 11.8 Å². The minimum Gasteiger partial charge on any atom is -0.480 e. The molecular formula is C58H72BrN5O13. The molecule has 0 bridgehead atoms. The molecule has 19 heteroatoms. The molecule has 5 N–H and O–H groups in total. The van der Waals surface area contributed by atoms with E-state index in [1.807, 2.05) is 94.4 Å². The lowest BCUT2D eigenvalue weighted by molar-refractivity contribution is -0.159. The van der Waals surface area contributed by atoms with Crippen LogP contribution < -0.4 is 26.0 Å². The number of carboxylic acids is 1. The lowest BCUT2D eigenvalue weighted by Gasteiger charge is -2.32. The molecule has 0 saturated heterocycles. The van der Waals surface area contributed by atoms with Gasteiger partial charge in [0.25, 0.3) is 0 Å². The first-order chi connectivity index (χ1) is 36.6. The van der Waals surface area contributed by atoms with E-state index >= 15 is 0 Å². The van der Waals surface area contributed by atoms with E-state index < -0.39 is 78.4 Å². The molecule has 1 aliphatic rings. The molecule has 0 saturated carbocycles. The molecule has 414 valence electrons. The van der Waals surface area contributed by atoms with Gasteiger partial charge in [-0.25, -0.2) is 14.4 Å². The summed E-state index contributed by atoms with van der Waals surface area (Å²) in [5.74, 6) is -3.49. The van der Waals surface area contributed by atoms with Crippen LogP contribution in [0.1, 0.15) is 95.9 Å². The number of hydrogen-bond acceptors (Lipinski definition) is 13. The highest BCUT2D eigenvalue weighted by atomic mass is 79.9. The number of amides is 4. The minimum atomic E-state index is -1.27. The summed E-state index contributed by atoms with van der Waals surface area (Å²) < 4.78 is 28.0. The number of benzene rings is 4. The highest BCUT2D eigenvalue weighted by Crippen LogP contribution is 2.44. The van der Waals surface area contributed by atoms with Crippen molar-refractivity contribution in [3.05, 3.63) is 136 Å². The Bertz CT molecular complexity index is 2630. The van der Waals surface area contributed by atoms with E-state index in [-0.39, 0.29) is 82.1 Å². The lowest BCUT2D eigenvalue weighted by Crippen LogP contribution is -2.56. The Hall–Kier alpha value is -7.25. The molecular weight excluding hydrogens is 1050 g/mol. The highest BCUT2D eigenvalue weighted by molar-refractivity contribution is 9.10. The Labute approximate surface area is 459 Å². The first kappa shape index (κ1) is 60.6. The summed E-state index contributed by atoms with van der Waals surface area (Å²) in [6, 6.07) is 24.9. The lowest BCUT2D eigenvalue weighted by atomic mass is 9.98. The van der Waals surface area contributed by atoms with Gasteiger partial charge in [0.1, 0.15) is 55.8 Å². The van der Waals surface area contributed by atoms with E-state index in [2.05, 4.69) is 43.8 Å². The monoisotopic (exact) mass is 1130 g/mol. The molecule has 77 heavy (non-hydrogen) atoms. The quantitative estimate of drug-likeness (QED) is 0.0162. The van der Waals surface area contributed by atoms with E-state index in [1.165, 1.54) is 23.1 Å². The maximum absolute atomic E-state index is 14.8. The van der Waals surface area contributed by atoms with Crippen molar-refractivity contribution in [3.63, 3.8) is 0 Å². The van der Waals surface area contributed by atoms with Gasteiger partial charge in [-0.05, 0) is 104 Å². The third kappa shape index (κ3) is 19.7. The van der Waals surface area contributed by atoms with Gasteiger partial charge in [-0.2, -0.15) is 0 Å². The summed E-state index contributed by atoms with van der Waals surface area (Å²) in [7, 11) is 0. The number of carboxylic acid groups (broad SMARTS) is 1. The topological polar surface area (TPSA) is 237 Å². The number of nitrogens with one attached hydrogen (secondary N) is 4. The number of aliphatic carboxylic acids is 1. The maximum atomic E-state index is 14.8. The second-order valence-corrected chi connectivity index (χ2v) is 21.4. The molecule has 1 aliphatic carbocycles. The van der Waals surface area contributed by atoms with Crippen LogP contribution in [0.5, 0.6) is 5.75 Å². The molecule has 0 spiro atoms. The fourth-order valence-electron chi connectivity index (χ4n) is 8.72. The molecule has 0 aliphatic heterocycles. The summed E-state index contributed by atoms with van der Waals surface area (Å²) >= 11 is 3.42. The number of ether oxygens (including phenoxy) is 5. The average molecular weight is 1130 g/mol. The number of carbonyl (C=O) groups excluding carboxylic acids is 6. The number of esters is 1. The molecule has 4 aromatic rings. The van der Waals surface area contributed by atoms with Crippen LogP contribution in [-0.2, 0) is 51.2 Å². The largest absolute Gasteiger partial charge is 0.514 e. The Morgan fingerprint density at radius 2 is 1.36 bits per heavy atom. The molecule has 4 atom stereocenters. The second kappa shape index (κ2) is 29.3.